The number of aliphatic hydroxyl groups is 1. The Kier molecular flexibility index (Phi) is 6.84. The Balaban J connectivity index is 1.68. The Labute approximate surface area is 146 Å². The summed E-state index contributed by atoms with van der Waals surface area (Å²) in [6.45, 7) is 11.7. The lowest BCUT2D eigenvalue weighted by molar-refractivity contribution is -0.122. The largest absolute Gasteiger partial charge is 0.389 e. The molecule has 3 aliphatic rings. The fourth-order valence-corrected chi connectivity index (χ4v) is 4.07. The molecular weight excluding hydrogens is 304 g/mol. The van der Waals surface area contributed by atoms with Gasteiger partial charge >= 0.3 is 0 Å². The molecule has 0 aromatic rings. The first-order valence-electron chi connectivity index (χ1n) is 9.32. The molecule has 0 aliphatic heterocycles. The Morgan fingerprint density at radius 3 is 2.83 bits per heavy atom. The minimum Gasteiger partial charge on any atom is -0.389 e. The maximum atomic E-state index is 11.6. The van der Waals surface area contributed by atoms with Crippen molar-refractivity contribution in [2.24, 2.45) is 17.3 Å². The third kappa shape index (κ3) is 4.58. The lowest BCUT2D eigenvalue weighted by Crippen LogP contribution is -2.48. The highest BCUT2D eigenvalue weighted by atomic mass is 16.5. The van der Waals surface area contributed by atoms with E-state index in [0.29, 0.717) is 44.2 Å². The van der Waals surface area contributed by atoms with Crippen LogP contribution in [0.1, 0.15) is 40.5 Å². The number of allylic oxidation sites excluding steroid dienone is 1. The first-order valence-corrected chi connectivity index (χ1v) is 9.32. The van der Waals surface area contributed by atoms with Gasteiger partial charge in [-0.25, -0.2) is 0 Å². The van der Waals surface area contributed by atoms with Gasteiger partial charge in [0, 0.05) is 13.1 Å². The molecule has 138 valence electrons. The highest BCUT2D eigenvalue weighted by Crippen LogP contribution is 2.59. The predicted molar refractivity (Wildman–Crippen MR) is 95.7 cm³/mol. The summed E-state index contributed by atoms with van der Waals surface area (Å²) in [5.74, 6) is 1.49. The fraction of sp³-hybridized carbons (Fsp3) is 0.842. The number of amides is 1. The van der Waals surface area contributed by atoms with Crippen LogP contribution in [0, 0.1) is 17.3 Å². The lowest BCUT2D eigenvalue weighted by Gasteiger charge is -2.56. The van der Waals surface area contributed by atoms with Crippen molar-refractivity contribution in [3.8, 4) is 0 Å². The molecule has 5 nitrogen and oxygen atoms in total. The van der Waals surface area contributed by atoms with Crippen LogP contribution in [0.15, 0.2) is 11.6 Å². The van der Waals surface area contributed by atoms with E-state index in [0.717, 1.165) is 12.5 Å². The maximum Gasteiger partial charge on any atom is 0.234 e. The van der Waals surface area contributed by atoms with E-state index in [4.69, 9.17) is 4.74 Å². The van der Waals surface area contributed by atoms with Gasteiger partial charge in [-0.1, -0.05) is 26.8 Å². The van der Waals surface area contributed by atoms with Gasteiger partial charge in [0.2, 0.25) is 5.91 Å². The molecule has 5 heteroatoms. The third-order valence-electron chi connectivity index (χ3n) is 5.82. The summed E-state index contributed by atoms with van der Waals surface area (Å²) >= 11 is 0. The summed E-state index contributed by atoms with van der Waals surface area (Å²) in [5, 5.41) is 13.0. The predicted octanol–water partition coefficient (Wildman–Crippen LogP) is 1.81. The number of nitrogens with one attached hydrogen (secondary N) is 1. The SMILES string of the molecule is CCNC(=O)CN(CC)CC(O)COCC1=CCC2CC1C2(C)C. The fourth-order valence-electron chi connectivity index (χ4n) is 4.07. The first-order chi connectivity index (χ1) is 11.4. The van der Waals surface area contributed by atoms with E-state index in [-0.39, 0.29) is 5.91 Å². The van der Waals surface area contributed by atoms with Crippen LogP contribution in [0.2, 0.25) is 0 Å². The molecule has 3 aliphatic carbocycles. The lowest BCUT2D eigenvalue weighted by atomic mass is 9.49. The average Bonchev–Trinajstić information content (AvgIpc) is 2.54. The zero-order valence-electron chi connectivity index (χ0n) is 15.7. The van der Waals surface area contributed by atoms with E-state index in [1.54, 1.807) is 0 Å². The van der Waals surface area contributed by atoms with Crippen molar-refractivity contribution in [3.05, 3.63) is 11.6 Å². The van der Waals surface area contributed by atoms with E-state index >= 15 is 0 Å². The topological polar surface area (TPSA) is 61.8 Å². The van der Waals surface area contributed by atoms with Gasteiger partial charge in [-0.05, 0) is 49.1 Å². The Hall–Kier alpha value is -0.910. The number of aliphatic hydroxyl groups excluding tert-OH is 1. The van der Waals surface area contributed by atoms with E-state index in [9.17, 15) is 9.90 Å². The highest BCUT2D eigenvalue weighted by molar-refractivity contribution is 5.77. The highest BCUT2D eigenvalue weighted by Gasteiger charge is 2.50. The van der Waals surface area contributed by atoms with Gasteiger partial charge in [0.1, 0.15) is 0 Å². The smallest absolute Gasteiger partial charge is 0.234 e. The molecule has 3 rings (SSSR count). The maximum absolute atomic E-state index is 11.6. The first kappa shape index (κ1) is 19.4. The summed E-state index contributed by atoms with van der Waals surface area (Å²) in [7, 11) is 0. The van der Waals surface area contributed by atoms with Crippen LogP contribution in [-0.2, 0) is 9.53 Å². The van der Waals surface area contributed by atoms with Crippen molar-refractivity contribution in [1.29, 1.82) is 0 Å². The zero-order chi connectivity index (χ0) is 17.7. The molecule has 1 amide bonds. The van der Waals surface area contributed by atoms with Crippen LogP contribution in [0.5, 0.6) is 0 Å². The molecule has 3 unspecified atom stereocenters. The molecule has 0 heterocycles. The molecule has 2 bridgehead atoms. The number of hydrogen-bond donors (Lipinski definition) is 2. The molecule has 24 heavy (non-hydrogen) atoms. The molecule has 1 saturated carbocycles. The molecular formula is C19H34N2O3. The van der Waals surface area contributed by atoms with Crippen molar-refractivity contribution in [2.75, 3.05) is 39.4 Å². The van der Waals surface area contributed by atoms with Crippen LogP contribution in [0.4, 0.5) is 0 Å². The van der Waals surface area contributed by atoms with Crippen molar-refractivity contribution < 1.29 is 14.6 Å². The van der Waals surface area contributed by atoms with Gasteiger partial charge in [0.25, 0.3) is 0 Å². The Morgan fingerprint density at radius 2 is 2.25 bits per heavy atom. The van der Waals surface area contributed by atoms with Gasteiger partial charge in [-0.3, -0.25) is 9.69 Å². The van der Waals surface area contributed by atoms with E-state index < -0.39 is 6.10 Å². The summed E-state index contributed by atoms with van der Waals surface area (Å²) in [6, 6.07) is 0. The Bertz CT molecular complexity index is 462. The quantitative estimate of drug-likeness (QED) is 0.597. The standard InChI is InChI=1S/C19H34N2O3/c1-5-20-18(23)11-21(6-2)10-16(22)13-24-12-14-7-8-15-9-17(14)19(15,3)4/h7,15-17,22H,5-6,8-13H2,1-4H3,(H,20,23). The van der Waals surface area contributed by atoms with Crippen LogP contribution >= 0.6 is 0 Å². The summed E-state index contributed by atoms with van der Waals surface area (Å²) in [4.78, 5) is 13.6. The van der Waals surface area contributed by atoms with Crippen molar-refractivity contribution >= 4 is 5.91 Å². The number of ether oxygens (including phenoxy) is 1. The van der Waals surface area contributed by atoms with Gasteiger partial charge in [-0.15, -0.1) is 0 Å². The zero-order valence-corrected chi connectivity index (χ0v) is 15.7. The summed E-state index contributed by atoms with van der Waals surface area (Å²) in [6.07, 6.45) is 4.23. The van der Waals surface area contributed by atoms with Crippen molar-refractivity contribution in [2.45, 2.75) is 46.6 Å². The molecule has 0 spiro atoms. The molecule has 0 radical (unpaired) electrons. The molecule has 0 aromatic heterocycles. The Morgan fingerprint density at radius 1 is 1.50 bits per heavy atom. The van der Waals surface area contributed by atoms with Gasteiger partial charge in [0.05, 0.1) is 25.9 Å². The second kappa shape index (κ2) is 8.45. The molecule has 2 N–H and O–H groups in total. The monoisotopic (exact) mass is 338 g/mol. The van der Waals surface area contributed by atoms with Crippen LogP contribution < -0.4 is 5.32 Å². The van der Waals surface area contributed by atoms with Crippen LogP contribution in [0.3, 0.4) is 0 Å². The average molecular weight is 338 g/mol. The minimum atomic E-state index is -0.564. The van der Waals surface area contributed by atoms with Crippen LogP contribution in [-0.4, -0.2) is 61.4 Å². The van der Waals surface area contributed by atoms with Gasteiger partial charge < -0.3 is 15.2 Å². The summed E-state index contributed by atoms with van der Waals surface area (Å²) < 4.78 is 5.78. The van der Waals surface area contributed by atoms with E-state index in [2.05, 4.69) is 25.2 Å². The second-order valence-electron chi connectivity index (χ2n) is 7.77. The molecule has 0 saturated heterocycles. The number of likely N-dealkylation sites (N-methyl/N-ethyl adjacent to an activating group) is 2. The third-order valence-corrected chi connectivity index (χ3v) is 5.82. The minimum absolute atomic E-state index is 0.00148. The van der Waals surface area contributed by atoms with Crippen molar-refractivity contribution in [3.63, 3.8) is 0 Å². The van der Waals surface area contributed by atoms with Crippen LogP contribution in [0.25, 0.3) is 0 Å². The normalized spacial score (nSPS) is 25.8. The number of fused-ring (bicyclic) bond motifs is 1. The van der Waals surface area contributed by atoms with Gasteiger partial charge in [0.15, 0.2) is 0 Å². The molecule has 3 atom stereocenters. The molecule has 1 fully saturated rings. The summed E-state index contributed by atoms with van der Waals surface area (Å²) in [5.41, 5.74) is 1.82. The number of nitrogens with zero attached hydrogens (tertiary/aromatic N) is 1. The van der Waals surface area contributed by atoms with E-state index in [1.165, 1.54) is 18.4 Å². The van der Waals surface area contributed by atoms with Crippen molar-refractivity contribution in [1.82, 2.24) is 10.2 Å². The van der Waals surface area contributed by atoms with Gasteiger partial charge in [-0.2, -0.15) is 0 Å². The second-order valence-corrected chi connectivity index (χ2v) is 7.77. The number of carbonyl (C=O) groups is 1. The van der Waals surface area contributed by atoms with E-state index in [1.807, 2.05) is 18.7 Å². The number of rotatable bonds is 10. The number of hydrogen-bond acceptors (Lipinski definition) is 4. The molecule has 0 aromatic carbocycles. The number of carbonyl (C=O) groups excluding carboxylic acids is 1.